The molecule has 3 rings (SSSR count). The van der Waals surface area contributed by atoms with Gasteiger partial charge in [-0.05, 0) is 11.1 Å². The Hall–Kier alpha value is -2.44. The fraction of sp³-hybridized carbons (Fsp3) is 0.167. The SMILES string of the molecule is CS(=O)(=O)[O-].c1ccc(Cn2cc[n+](Cc3ccccc3)c2)cc1. The molecule has 0 atom stereocenters. The van der Waals surface area contributed by atoms with E-state index >= 15 is 0 Å². The topological polar surface area (TPSA) is 66.0 Å². The second kappa shape index (κ2) is 8.42. The molecule has 0 aliphatic carbocycles. The Morgan fingerprint density at radius 2 is 1.46 bits per heavy atom. The first-order valence-electron chi connectivity index (χ1n) is 7.44. The lowest BCUT2D eigenvalue weighted by Crippen LogP contribution is -2.31. The lowest BCUT2D eigenvalue weighted by Gasteiger charge is -1.98. The highest BCUT2D eigenvalue weighted by Gasteiger charge is 2.04. The van der Waals surface area contributed by atoms with E-state index in [-0.39, 0.29) is 0 Å². The van der Waals surface area contributed by atoms with Crippen molar-refractivity contribution in [3.8, 4) is 0 Å². The highest BCUT2D eigenvalue weighted by atomic mass is 32.2. The third kappa shape index (κ3) is 7.21. The molecule has 0 bridgehead atoms. The summed E-state index contributed by atoms with van der Waals surface area (Å²) in [4.78, 5) is 0. The maximum absolute atomic E-state index is 9.08. The van der Waals surface area contributed by atoms with Gasteiger partial charge in [-0.15, -0.1) is 0 Å². The molecule has 3 aromatic rings. The standard InChI is InChI=1S/C17H17N2.CH4O3S/c1-3-7-16(8-4-1)13-18-11-12-19(15-18)14-17-9-5-2-6-10-17;1-5(2,3)4/h1-12,15H,13-14H2;1H3,(H,2,3,4)/q+1;/p-1. The number of imidazole rings is 1. The van der Waals surface area contributed by atoms with E-state index in [1.807, 2.05) is 0 Å². The number of benzene rings is 2. The molecule has 0 N–H and O–H groups in total. The summed E-state index contributed by atoms with van der Waals surface area (Å²) in [6.45, 7) is 1.84. The summed E-state index contributed by atoms with van der Waals surface area (Å²) in [5.74, 6) is 0. The van der Waals surface area contributed by atoms with Gasteiger partial charge in [-0.3, -0.25) is 0 Å². The minimum Gasteiger partial charge on any atom is -0.748 e. The zero-order chi connectivity index (χ0) is 17.4. The maximum Gasteiger partial charge on any atom is 0.244 e. The molecule has 0 amide bonds. The average Bonchev–Trinajstić information content (AvgIpc) is 2.95. The third-order valence-electron chi connectivity index (χ3n) is 3.16. The summed E-state index contributed by atoms with van der Waals surface area (Å²) in [5.41, 5.74) is 2.65. The van der Waals surface area contributed by atoms with Crippen LogP contribution in [0, 0.1) is 0 Å². The summed E-state index contributed by atoms with van der Waals surface area (Å²) in [6.07, 6.45) is 7.00. The van der Waals surface area contributed by atoms with E-state index in [2.05, 4.69) is 88.5 Å². The van der Waals surface area contributed by atoms with E-state index in [9.17, 15) is 0 Å². The molecule has 1 aromatic heterocycles. The van der Waals surface area contributed by atoms with Gasteiger partial charge < -0.3 is 4.55 Å². The largest absolute Gasteiger partial charge is 0.748 e. The number of nitrogens with zero attached hydrogens (tertiary/aromatic N) is 2. The van der Waals surface area contributed by atoms with Crippen molar-refractivity contribution in [2.75, 3.05) is 6.26 Å². The van der Waals surface area contributed by atoms with Crippen LogP contribution in [0.15, 0.2) is 79.4 Å². The van der Waals surface area contributed by atoms with Crippen LogP contribution in [-0.2, 0) is 23.2 Å². The van der Waals surface area contributed by atoms with E-state index in [1.165, 1.54) is 11.1 Å². The molecule has 2 aromatic carbocycles. The Balaban J connectivity index is 0.000000368. The molecule has 0 saturated carbocycles. The molecular weight excluding hydrogens is 324 g/mol. The number of hydrogen-bond acceptors (Lipinski definition) is 3. The van der Waals surface area contributed by atoms with Crippen molar-refractivity contribution < 1.29 is 17.5 Å². The molecule has 0 radical (unpaired) electrons. The molecule has 1 heterocycles. The van der Waals surface area contributed by atoms with E-state index in [4.69, 9.17) is 13.0 Å². The average molecular weight is 344 g/mol. The van der Waals surface area contributed by atoms with Gasteiger partial charge in [0.05, 0.1) is 10.1 Å². The van der Waals surface area contributed by atoms with Crippen LogP contribution in [0.3, 0.4) is 0 Å². The normalized spacial score (nSPS) is 10.8. The summed E-state index contributed by atoms with van der Waals surface area (Å²) in [7, 11) is -3.92. The molecule has 0 aliphatic rings. The molecule has 0 saturated heterocycles. The molecule has 5 nitrogen and oxygen atoms in total. The summed E-state index contributed by atoms with van der Waals surface area (Å²) in [5, 5.41) is 0. The molecule has 6 heteroatoms. The van der Waals surface area contributed by atoms with Crippen LogP contribution in [0.2, 0.25) is 0 Å². The highest BCUT2D eigenvalue weighted by Crippen LogP contribution is 2.02. The number of rotatable bonds is 4. The summed E-state index contributed by atoms with van der Waals surface area (Å²) < 4.78 is 31.6. The van der Waals surface area contributed by atoms with Crippen LogP contribution in [0.25, 0.3) is 0 Å². The van der Waals surface area contributed by atoms with E-state index in [1.54, 1.807) is 0 Å². The van der Waals surface area contributed by atoms with Crippen molar-refractivity contribution in [3.63, 3.8) is 0 Å². The van der Waals surface area contributed by atoms with Crippen molar-refractivity contribution in [1.82, 2.24) is 4.57 Å². The quantitative estimate of drug-likeness (QED) is 0.537. The fourth-order valence-electron chi connectivity index (χ4n) is 2.21. The first-order chi connectivity index (χ1) is 11.4. The minimum absolute atomic E-state index is 0.604. The van der Waals surface area contributed by atoms with Gasteiger partial charge in [-0.1, -0.05) is 60.7 Å². The second-order valence-corrected chi connectivity index (χ2v) is 6.84. The van der Waals surface area contributed by atoms with E-state index in [0.717, 1.165) is 13.1 Å². The Morgan fingerprint density at radius 3 is 2.00 bits per heavy atom. The summed E-state index contributed by atoms with van der Waals surface area (Å²) in [6, 6.07) is 21.0. The number of aromatic nitrogens is 2. The van der Waals surface area contributed by atoms with Crippen molar-refractivity contribution in [1.29, 1.82) is 0 Å². The van der Waals surface area contributed by atoms with Gasteiger partial charge in [0, 0.05) is 6.26 Å². The molecule has 24 heavy (non-hydrogen) atoms. The lowest BCUT2D eigenvalue weighted by atomic mass is 10.2. The zero-order valence-electron chi connectivity index (χ0n) is 13.4. The third-order valence-corrected chi connectivity index (χ3v) is 3.16. The monoisotopic (exact) mass is 344 g/mol. The van der Waals surface area contributed by atoms with Crippen LogP contribution in [0.4, 0.5) is 0 Å². The molecule has 0 fully saturated rings. The molecule has 0 aliphatic heterocycles. The van der Waals surface area contributed by atoms with E-state index < -0.39 is 10.1 Å². The molecular formula is C18H20N2O3S. The van der Waals surface area contributed by atoms with Gasteiger partial charge >= 0.3 is 0 Å². The van der Waals surface area contributed by atoms with E-state index in [0.29, 0.717) is 6.26 Å². The van der Waals surface area contributed by atoms with Crippen LogP contribution >= 0.6 is 0 Å². The van der Waals surface area contributed by atoms with Crippen LogP contribution in [-0.4, -0.2) is 23.8 Å². The highest BCUT2D eigenvalue weighted by molar-refractivity contribution is 7.84. The van der Waals surface area contributed by atoms with Gasteiger partial charge in [-0.25, -0.2) is 17.6 Å². The van der Waals surface area contributed by atoms with Crippen molar-refractivity contribution in [3.05, 3.63) is 90.5 Å². The van der Waals surface area contributed by atoms with Gasteiger partial charge in [-0.2, -0.15) is 0 Å². The second-order valence-electron chi connectivity index (χ2n) is 5.43. The summed E-state index contributed by atoms with van der Waals surface area (Å²) >= 11 is 0. The van der Waals surface area contributed by atoms with Crippen molar-refractivity contribution >= 4 is 10.1 Å². The van der Waals surface area contributed by atoms with Crippen molar-refractivity contribution in [2.24, 2.45) is 0 Å². The predicted molar refractivity (Wildman–Crippen MR) is 91.3 cm³/mol. The molecule has 0 unspecified atom stereocenters. The van der Waals surface area contributed by atoms with Gasteiger partial charge in [0.2, 0.25) is 6.33 Å². The zero-order valence-corrected chi connectivity index (χ0v) is 14.3. The first kappa shape index (κ1) is 17.9. The van der Waals surface area contributed by atoms with Gasteiger partial charge in [0.1, 0.15) is 25.5 Å². The van der Waals surface area contributed by atoms with Gasteiger partial charge in [0.25, 0.3) is 0 Å². The number of hydrogen-bond donors (Lipinski definition) is 0. The Labute approximate surface area is 142 Å². The minimum atomic E-state index is -3.92. The molecule has 126 valence electrons. The molecule has 0 spiro atoms. The fourth-order valence-corrected chi connectivity index (χ4v) is 2.21. The Morgan fingerprint density at radius 1 is 0.958 bits per heavy atom. The Kier molecular flexibility index (Phi) is 6.28. The smallest absolute Gasteiger partial charge is 0.244 e. The lowest BCUT2D eigenvalue weighted by molar-refractivity contribution is -0.687. The predicted octanol–water partition coefficient (Wildman–Crippen LogP) is 2.03. The van der Waals surface area contributed by atoms with Crippen LogP contribution in [0.1, 0.15) is 11.1 Å². The van der Waals surface area contributed by atoms with Gasteiger partial charge in [0.15, 0.2) is 0 Å². The first-order valence-corrected chi connectivity index (χ1v) is 9.25. The maximum atomic E-state index is 9.08. The van der Waals surface area contributed by atoms with Crippen LogP contribution < -0.4 is 4.57 Å². The van der Waals surface area contributed by atoms with Crippen LogP contribution in [0.5, 0.6) is 0 Å². The Bertz CT molecular complexity index is 780. The van der Waals surface area contributed by atoms with Crippen molar-refractivity contribution in [2.45, 2.75) is 13.1 Å².